The van der Waals surface area contributed by atoms with Gasteiger partial charge < -0.3 is 20.4 Å². The molecule has 0 bridgehead atoms. The number of hydrogen-bond acceptors (Lipinski definition) is 11. The van der Waals surface area contributed by atoms with E-state index < -0.39 is 11.7 Å². The molecule has 3 aromatic heterocycles. The molecule has 3 aliphatic heterocycles. The molecular weight excluding hydrogens is 790 g/mol. The number of rotatable bonds is 11. The number of hydrogen-bond donors (Lipinski definition) is 3. The molecule has 6 heterocycles. The highest BCUT2D eigenvalue weighted by Gasteiger charge is 2.33. The van der Waals surface area contributed by atoms with E-state index in [9.17, 15) is 23.6 Å². The number of carbonyl (C=O) groups excluding carboxylic acids is 3. The van der Waals surface area contributed by atoms with Crippen molar-refractivity contribution in [2.24, 2.45) is 13.0 Å². The molecule has 9 rings (SSSR count). The number of anilines is 2. The van der Waals surface area contributed by atoms with E-state index in [0.29, 0.717) is 30.0 Å². The number of aryl methyl sites for hydroxylation is 1. The number of nitrogens with one attached hydrogen (secondary N) is 3. The van der Waals surface area contributed by atoms with Gasteiger partial charge in [-0.3, -0.25) is 38.6 Å². The highest BCUT2D eigenvalue weighted by molar-refractivity contribution is 6.02. The fourth-order valence-electron chi connectivity index (χ4n) is 9.58. The second kappa shape index (κ2) is 18.2. The summed E-state index contributed by atoms with van der Waals surface area (Å²) in [6.07, 6.45) is 8.79. The van der Waals surface area contributed by atoms with E-state index in [1.807, 2.05) is 11.7 Å². The summed E-state index contributed by atoms with van der Waals surface area (Å²) in [7, 11) is 1.91. The van der Waals surface area contributed by atoms with Gasteiger partial charge in [0.2, 0.25) is 23.7 Å². The molecule has 16 heteroatoms. The zero-order valence-electron chi connectivity index (χ0n) is 35.1. The average Bonchev–Trinajstić information content (AvgIpc) is 3.62. The molecule has 0 radical (unpaired) electrons. The summed E-state index contributed by atoms with van der Waals surface area (Å²) in [6, 6.07) is 18.6. The summed E-state index contributed by atoms with van der Waals surface area (Å²) in [4.78, 5) is 66.2. The van der Waals surface area contributed by atoms with Gasteiger partial charge in [0.25, 0.3) is 5.56 Å². The van der Waals surface area contributed by atoms with E-state index in [1.165, 1.54) is 16.8 Å². The van der Waals surface area contributed by atoms with Crippen LogP contribution in [0.15, 0.2) is 77.9 Å². The van der Waals surface area contributed by atoms with Gasteiger partial charge in [0.1, 0.15) is 5.69 Å². The molecule has 4 fully saturated rings. The third kappa shape index (κ3) is 9.12. The van der Waals surface area contributed by atoms with Gasteiger partial charge >= 0.3 is 0 Å². The molecule has 5 aromatic rings. The van der Waals surface area contributed by atoms with E-state index >= 15 is 0 Å². The molecule has 3 saturated heterocycles. The van der Waals surface area contributed by atoms with E-state index in [0.717, 1.165) is 113 Å². The van der Waals surface area contributed by atoms with Crippen LogP contribution >= 0.6 is 0 Å². The molecule has 1 aliphatic carbocycles. The number of pyridine rings is 1. The predicted molar refractivity (Wildman–Crippen MR) is 234 cm³/mol. The smallest absolute Gasteiger partial charge is 0.255 e. The number of piperidine rings is 2. The molecule has 1 unspecified atom stereocenters. The number of halogens is 1. The van der Waals surface area contributed by atoms with Crippen LogP contribution in [0.25, 0.3) is 27.8 Å². The van der Waals surface area contributed by atoms with Crippen LogP contribution in [0.4, 0.5) is 16.0 Å². The lowest BCUT2D eigenvalue weighted by atomic mass is 9.89. The van der Waals surface area contributed by atoms with Crippen LogP contribution in [-0.2, 0) is 21.4 Å². The highest BCUT2D eigenvalue weighted by atomic mass is 19.1. The summed E-state index contributed by atoms with van der Waals surface area (Å²) in [5, 5.41) is 14.9. The monoisotopic (exact) mass is 843 g/mol. The number of likely N-dealkylation sites (tertiary alicyclic amines) is 1. The number of aromatic nitrogens is 5. The van der Waals surface area contributed by atoms with E-state index in [2.05, 4.69) is 58.8 Å². The van der Waals surface area contributed by atoms with Crippen LogP contribution in [0.2, 0.25) is 0 Å². The molecule has 2 aromatic carbocycles. The third-order valence-corrected chi connectivity index (χ3v) is 13.2. The Morgan fingerprint density at radius 2 is 1.58 bits per heavy atom. The zero-order valence-corrected chi connectivity index (χ0v) is 35.1. The largest absolute Gasteiger partial charge is 0.369 e. The number of imide groups is 1. The molecule has 15 nitrogen and oxygen atoms in total. The van der Waals surface area contributed by atoms with Crippen molar-refractivity contribution < 1.29 is 18.8 Å². The van der Waals surface area contributed by atoms with E-state index in [-0.39, 0.29) is 47.0 Å². The Balaban J connectivity index is 0.687. The van der Waals surface area contributed by atoms with Crippen LogP contribution in [0.3, 0.4) is 0 Å². The second-order valence-electron chi connectivity index (χ2n) is 17.2. The molecular formula is C46H54FN11O4. The van der Waals surface area contributed by atoms with Crippen molar-refractivity contribution in [1.82, 2.24) is 44.7 Å². The van der Waals surface area contributed by atoms with Gasteiger partial charge in [0.15, 0.2) is 5.82 Å². The Morgan fingerprint density at radius 3 is 2.34 bits per heavy atom. The van der Waals surface area contributed by atoms with E-state index in [4.69, 9.17) is 5.10 Å². The van der Waals surface area contributed by atoms with Crippen molar-refractivity contribution in [2.75, 3.05) is 62.6 Å². The quantitative estimate of drug-likeness (QED) is 0.163. The van der Waals surface area contributed by atoms with Crippen LogP contribution in [0, 0.1) is 11.7 Å². The van der Waals surface area contributed by atoms with Crippen LogP contribution in [-0.4, -0.2) is 116 Å². The van der Waals surface area contributed by atoms with Gasteiger partial charge in [-0.1, -0.05) is 18.2 Å². The number of fused-ring (bicyclic) bond motifs is 1. The highest BCUT2D eigenvalue weighted by Crippen LogP contribution is 2.33. The first-order valence-electron chi connectivity index (χ1n) is 22.0. The number of nitrogens with zero attached hydrogens (tertiary/aromatic N) is 8. The summed E-state index contributed by atoms with van der Waals surface area (Å²) >= 11 is 0. The minimum atomic E-state index is -0.539. The normalized spacial score (nSPS) is 21.8. The predicted octanol–water partition coefficient (Wildman–Crippen LogP) is 4.21. The Kier molecular flexibility index (Phi) is 12.1. The fraction of sp³-hybridized carbons (Fsp3) is 0.457. The molecule has 324 valence electrons. The number of benzene rings is 2. The second-order valence-corrected chi connectivity index (χ2v) is 17.2. The maximum atomic E-state index is 15.0. The lowest BCUT2D eigenvalue weighted by molar-refractivity contribution is -0.134. The summed E-state index contributed by atoms with van der Waals surface area (Å²) in [5.74, 6) is -0.879. The number of carbonyl (C=O) groups is 3. The zero-order chi connectivity index (χ0) is 42.7. The van der Waals surface area contributed by atoms with Crippen molar-refractivity contribution in [3.8, 4) is 16.9 Å². The van der Waals surface area contributed by atoms with Crippen molar-refractivity contribution >= 4 is 40.3 Å². The molecule has 0 spiro atoms. The van der Waals surface area contributed by atoms with Gasteiger partial charge in [0, 0.05) is 105 Å². The van der Waals surface area contributed by atoms with Gasteiger partial charge in [-0.25, -0.2) is 14.4 Å². The van der Waals surface area contributed by atoms with E-state index in [1.54, 1.807) is 42.6 Å². The van der Waals surface area contributed by atoms with Gasteiger partial charge in [-0.2, -0.15) is 5.10 Å². The van der Waals surface area contributed by atoms with Crippen LogP contribution in [0.5, 0.6) is 0 Å². The first-order chi connectivity index (χ1) is 30.1. The Labute approximate surface area is 359 Å². The van der Waals surface area contributed by atoms with Gasteiger partial charge in [0.05, 0.1) is 23.3 Å². The Hall–Kier alpha value is -6.00. The first-order valence-corrected chi connectivity index (χ1v) is 22.0. The molecule has 3 amide bonds. The van der Waals surface area contributed by atoms with Gasteiger partial charge in [-0.15, -0.1) is 0 Å². The average molecular weight is 844 g/mol. The molecule has 62 heavy (non-hydrogen) atoms. The molecule has 4 aliphatic rings. The molecule has 1 atom stereocenters. The van der Waals surface area contributed by atoms with Crippen LogP contribution < -0.4 is 26.4 Å². The first kappa shape index (κ1) is 41.4. The summed E-state index contributed by atoms with van der Waals surface area (Å²) < 4.78 is 18.3. The van der Waals surface area contributed by atoms with Crippen molar-refractivity contribution in [2.45, 2.75) is 69.4 Å². The number of piperazine rings is 1. The lowest BCUT2D eigenvalue weighted by Gasteiger charge is -2.38. The summed E-state index contributed by atoms with van der Waals surface area (Å²) in [5.41, 5.74) is 4.04. The molecule has 1 saturated carbocycles. The van der Waals surface area contributed by atoms with Crippen molar-refractivity contribution in [1.29, 1.82) is 0 Å². The molecule has 3 N–H and O–H groups in total. The van der Waals surface area contributed by atoms with Crippen molar-refractivity contribution in [3.63, 3.8) is 0 Å². The Morgan fingerprint density at radius 1 is 0.823 bits per heavy atom. The standard InChI is InChI=1S/C46H54FN11O4/c1-54-39-28-34(12-13-36(39)43(53-54)37-14-15-40(59)51-45(37)62)57-25-23-56(24-26-57)22-21-55-19-16-30(17-20-55)44(61)49-32-8-10-33(11-9-32)50-46-48-29-38(47)42(52-46)31-5-4-6-35(27-31)58-18-3-2-7-41(58)60/h2-7,12-13,18,27-30,32-33,37H,8-11,14-17,19-26H2,1H3,(H,49,61)(H,48,50,52)(H,51,59,62). The van der Waals surface area contributed by atoms with Crippen LogP contribution in [0.1, 0.15) is 63.0 Å². The van der Waals surface area contributed by atoms with Gasteiger partial charge in [-0.05, 0) is 94.4 Å². The third-order valence-electron chi connectivity index (χ3n) is 13.2. The minimum Gasteiger partial charge on any atom is -0.369 e. The maximum Gasteiger partial charge on any atom is 0.255 e. The SMILES string of the molecule is Cn1nc(C2CCC(=O)NC2=O)c2ccc(N3CCN(CCN4CCC(C(=O)NC5CCC(Nc6ncc(F)c(-c7cccc(-n8ccccc8=O)c7)n6)CC5)CC4)CC3)cc21. The fourth-order valence-corrected chi connectivity index (χ4v) is 9.58. The minimum absolute atomic E-state index is 0.0348. The maximum absolute atomic E-state index is 15.0. The van der Waals surface area contributed by atoms with Crippen molar-refractivity contribution in [3.05, 3.63) is 94.9 Å². The summed E-state index contributed by atoms with van der Waals surface area (Å²) in [6.45, 7) is 7.67. The lowest BCUT2D eigenvalue weighted by Crippen LogP contribution is -2.50. The Bertz CT molecular complexity index is 2500. The number of amides is 3. The topological polar surface area (TPSA) is 163 Å².